The van der Waals surface area contributed by atoms with E-state index >= 15 is 0 Å². The van der Waals surface area contributed by atoms with Gasteiger partial charge in [0.05, 0.1) is 6.04 Å². The number of carbonyl (C=O) groups excluding carboxylic acids is 2. The van der Waals surface area contributed by atoms with Gasteiger partial charge in [0.15, 0.2) is 0 Å². The molecular weight excluding hydrogens is 414 g/mol. The van der Waals surface area contributed by atoms with Crippen LogP contribution >= 0.6 is 11.6 Å². The molecule has 2 amide bonds. The quantitative estimate of drug-likeness (QED) is 0.747. The second-order valence-corrected chi connectivity index (χ2v) is 8.49. The number of anilines is 1. The minimum absolute atomic E-state index is 0.0244. The monoisotopic (exact) mass is 441 g/mol. The van der Waals surface area contributed by atoms with Crippen LogP contribution in [0.25, 0.3) is 0 Å². The number of hydrogen-bond acceptors (Lipinski definition) is 4. The molecule has 164 valence electrons. The summed E-state index contributed by atoms with van der Waals surface area (Å²) in [6.07, 6.45) is 3.04. The van der Waals surface area contributed by atoms with Crippen LogP contribution in [0, 0.1) is 0 Å². The van der Waals surface area contributed by atoms with Gasteiger partial charge >= 0.3 is 0 Å². The number of halogens is 1. The number of ether oxygens (including phenoxy) is 1. The van der Waals surface area contributed by atoms with E-state index in [0.29, 0.717) is 18.1 Å². The Morgan fingerprint density at radius 1 is 1.03 bits per heavy atom. The van der Waals surface area contributed by atoms with Crippen molar-refractivity contribution in [2.45, 2.75) is 25.3 Å². The van der Waals surface area contributed by atoms with E-state index in [1.165, 1.54) is 11.1 Å². The molecule has 0 saturated carbocycles. The number of hydrogen-bond donors (Lipinski definition) is 1. The van der Waals surface area contributed by atoms with Crippen molar-refractivity contribution in [3.05, 3.63) is 64.7 Å². The number of nitrogens with zero attached hydrogens (tertiary/aromatic N) is 2. The first-order valence-electron chi connectivity index (χ1n) is 10.8. The van der Waals surface area contributed by atoms with Crippen LogP contribution in [0.15, 0.2) is 48.5 Å². The molecule has 0 bridgehead atoms. The van der Waals surface area contributed by atoms with Crippen LogP contribution in [0.2, 0.25) is 5.02 Å². The number of benzene rings is 2. The number of nitrogens with one attached hydrogen (secondary N) is 1. The Morgan fingerprint density at radius 2 is 1.84 bits per heavy atom. The predicted octanol–water partition coefficient (Wildman–Crippen LogP) is 3.20. The fourth-order valence-corrected chi connectivity index (χ4v) is 4.53. The third-order valence-electron chi connectivity index (χ3n) is 5.97. The van der Waals surface area contributed by atoms with Gasteiger partial charge in [-0.25, -0.2) is 0 Å². The maximum Gasteiger partial charge on any atom is 0.248 e. The van der Waals surface area contributed by atoms with Crippen molar-refractivity contribution >= 4 is 29.1 Å². The Morgan fingerprint density at radius 3 is 2.65 bits per heavy atom. The van der Waals surface area contributed by atoms with E-state index in [4.69, 9.17) is 16.3 Å². The Balaban J connectivity index is 1.18. The molecule has 2 aromatic rings. The van der Waals surface area contributed by atoms with Crippen LogP contribution < -0.4 is 10.2 Å². The minimum Gasteiger partial charge on any atom is -0.368 e. The zero-order chi connectivity index (χ0) is 21.6. The first kappa shape index (κ1) is 21.7. The molecule has 1 fully saturated rings. The van der Waals surface area contributed by atoms with Crippen molar-refractivity contribution in [1.82, 2.24) is 10.2 Å². The van der Waals surface area contributed by atoms with E-state index in [2.05, 4.69) is 22.3 Å². The van der Waals surface area contributed by atoms with Gasteiger partial charge in [-0.2, -0.15) is 0 Å². The van der Waals surface area contributed by atoms with Gasteiger partial charge < -0.3 is 19.9 Å². The molecule has 6 nitrogen and oxygen atoms in total. The maximum atomic E-state index is 12.5. The van der Waals surface area contributed by atoms with Crippen molar-refractivity contribution in [3.8, 4) is 0 Å². The van der Waals surface area contributed by atoms with E-state index in [1.807, 2.05) is 36.4 Å². The number of carbonyl (C=O) groups is 2. The summed E-state index contributed by atoms with van der Waals surface area (Å²) in [5.41, 5.74) is 3.56. The highest BCUT2D eigenvalue weighted by Gasteiger charge is 2.23. The summed E-state index contributed by atoms with van der Waals surface area (Å²) in [4.78, 5) is 28.8. The molecule has 1 saturated heterocycles. The summed E-state index contributed by atoms with van der Waals surface area (Å²) < 4.78 is 5.43. The van der Waals surface area contributed by atoms with Gasteiger partial charge in [-0.05, 0) is 48.6 Å². The molecule has 0 aromatic heterocycles. The number of aryl methyl sites for hydroxylation is 1. The number of amides is 2. The highest BCUT2D eigenvalue weighted by Crippen LogP contribution is 2.29. The number of fused-ring (bicyclic) bond motifs is 1. The smallest absolute Gasteiger partial charge is 0.248 e. The number of rotatable bonds is 6. The second-order valence-electron chi connectivity index (χ2n) is 8.05. The normalized spacial score (nSPS) is 18.4. The van der Waals surface area contributed by atoms with E-state index in [1.54, 1.807) is 4.90 Å². The first-order valence-corrected chi connectivity index (χ1v) is 11.2. The molecule has 1 heterocycles. The Kier molecular flexibility index (Phi) is 7.10. The molecule has 2 aromatic carbocycles. The van der Waals surface area contributed by atoms with Gasteiger partial charge in [0, 0.05) is 36.9 Å². The lowest BCUT2D eigenvalue weighted by atomic mass is 9.88. The van der Waals surface area contributed by atoms with Crippen molar-refractivity contribution < 1.29 is 14.3 Å². The summed E-state index contributed by atoms with van der Waals surface area (Å²) >= 11 is 6.07. The standard InChI is InChI=1S/C24H28ClN3O3/c25-19-7-4-8-20(15-19)27-11-13-28(14-12-27)24(30)17-31-16-23(29)26-22-10-3-6-18-5-1-2-9-21(18)22/h1-2,4-5,7-9,15,22H,3,6,10-14,16-17H2,(H,26,29)/t22-/m1/s1. The zero-order valence-corrected chi connectivity index (χ0v) is 18.3. The summed E-state index contributed by atoms with van der Waals surface area (Å²) in [5.74, 6) is -0.262. The fourth-order valence-electron chi connectivity index (χ4n) is 4.35. The highest BCUT2D eigenvalue weighted by molar-refractivity contribution is 6.30. The van der Waals surface area contributed by atoms with Crippen LogP contribution in [0.1, 0.15) is 30.0 Å². The molecule has 0 unspecified atom stereocenters. The lowest BCUT2D eigenvalue weighted by molar-refractivity contribution is -0.138. The van der Waals surface area contributed by atoms with E-state index in [0.717, 1.165) is 38.0 Å². The average Bonchev–Trinajstić information content (AvgIpc) is 2.79. The lowest BCUT2D eigenvalue weighted by Gasteiger charge is -2.36. The van der Waals surface area contributed by atoms with E-state index in [9.17, 15) is 9.59 Å². The van der Waals surface area contributed by atoms with Crippen molar-refractivity contribution in [2.75, 3.05) is 44.3 Å². The summed E-state index contributed by atoms with van der Waals surface area (Å²) in [6, 6.07) is 16.0. The van der Waals surface area contributed by atoms with Crippen LogP contribution in [0.5, 0.6) is 0 Å². The van der Waals surface area contributed by atoms with Gasteiger partial charge in [-0.1, -0.05) is 41.9 Å². The summed E-state index contributed by atoms with van der Waals surface area (Å²) in [7, 11) is 0. The Labute approximate surface area is 188 Å². The number of piperazine rings is 1. The third-order valence-corrected chi connectivity index (χ3v) is 6.20. The van der Waals surface area contributed by atoms with E-state index < -0.39 is 0 Å². The summed E-state index contributed by atoms with van der Waals surface area (Å²) in [5, 5.41) is 3.76. The molecule has 1 N–H and O–H groups in total. The highest BCUT2D eigenvalue weighted by atomic mass is 35.5. The van der Waals surface area contributed by atoms with Crippen LogP contribution in [-0.2, 0) is 20.7 Å². The van der Waals surface area contributed by atoms with Gasteiger partial charge in [0.1, 0.15) is 13.2 Å². The van der Waals surface area contributed by atoms with E-state index in [-0.39, 0.29) is 31.1 Å². The van der Waals surface area contributed by atoms with Crippen molar-refractivity contribution in [2.24, 2.45) is 0 Å². The van der Waals surface area contributed by atoms with Crippen LogP contribution in [-0.4, -0.2) is 56.1 Å². The maximum absolute atomic E-state index is 12.5. The molecule has 1 atom stereocenters. The van der Waals surface area contributed by atoms with Gasteiger partial charge in [0.2, 0.25) is 11.8 Å². The van der Waals surface area contributed by atoms with Crippen molar-refractivity contribution in [1.29, 1.82) is 0 Å². The van der Waals surface area contributed by atoms with Gasteiger partial charge in [-0.15, -0.1) is 0 Å². The van der Waals surface area contributed by atoms with Gasteiger partial charge in [-0.3, -0.25) is 9.59 Å². The average molecular weight is 442 g/mol. The van der Waals surface area contributed by atoms with Crippen LogP contribution in [0.4, 0.5) is 5.69 Å². The Hall–Kier alpha value is -2.57. The third kappa shape index (κ3) is 5.57. The van der Waals surface area contributed by atoms with Crippen LogP contribution in [0.3, 0.4) is 0 Å². The molecule has 0 spiro atoms. The fraction of sp³-hybridized carbons (Fsp3) is 0.417. The molecular formula is C24H28ClN3O3. The SMILES string of the molecule is O=C(COCC(=O)N1CCN(c2cccc(Cl)c2)CC1)N[C@@H]1CCCc2ccccc21. The molecule has 7 heteroatoms. The topological polar surface area (TPSA) is 61.9 Å². The zero-order valence-electron chi connectivity index (χ0n) is 17.6. The first-order chi connectivity index (χ1) is 15.1. The van der Waals surface area contributed by atoms with Crippen molar-refractivity contribution in [3.63, 3.8) is 0 Å². The molecule has 4 rings (SSSR count). The largest absolute Gasteiger partial charge is 0.368 e. The second kappa shape index (κ2) is 10.2. The minimum atomic E-state index is -0.180. The molecule has 0 radical (unpaired) electrons. The molecule has 31 heavy (non-hydrogen) atoms. The molecule has 1 aliphatic heterocycles. The lowest BCUT2D eigenvalue weighted by Crippen LogP contribution is -2.50. The predicted molar refractivity (Wildman–Crippen MR) is 121 cm³/mol. The molecule has 1 aliphatic carbocycles. The molecule has 2 aliphatic rings. The summed E-state index contributed by atoms with van der Waals surface area (Å²) in [6.45, 7) is 2.56. The van der Waals surface area contributed by atoms with Gasteiger partial charge in [0.25, 0.3) is 0 Å². The Bertz CT molecular complexity index is 928.